The predicted molar refractivity (Wildman–Crippen MR) is 122 cm³/mol. The third kappa shape index (κ3) is 3.77. The molecule has 3 atom stereocenters. The molecule has 0 unspecified atom stereocenters. The second-order valence-corrected chi connectivity index (χ2v) is 8.79. The summed E-state index contributed by atoms with van der Waals surface area (Å²) in [4.78, 5) is 37.0. The van der Waals surface area contributed by atoms with Gasteiger partial charge in [-0.2, -0.15) is 0 Å². The van der Waals surface area contributed by atoms with E-state index in [1.165, 1.54) is 11.8 Å². The van der Waals surface area contributed by atoms with Gasteiger partial charge in [-0.05, 0) is 37.1 Å². The maximum atomic E-state index is 13.2. The van der Waals surface area contributed by atoms with Crippen molar-refractivity contribution in [3.63, 3.8) is 0 Å². The quantitative estimate of drug-likeness (QED) is 0.776. The van der Waals surface area contributed by atoms with E-state index in [1.807, 2.05) is 68.4 Å². The lowest BCUT2D eigenvalue weighted by Crippen LogP contribution is -2.43. The van der Waals surface area contributed by atoms with E-state index in [4.69, 9.17) is 9.98 Å². The number of carbonyl (C=O) groups excluding carboxylic acids is 2. The molecule has 0 spiro atoms. The molecular weight excluding hydrogens is 396 g/mol. The van der Waals surface area contributed by atoms with Crippen molar-refractivity contribution in [2.45, 2.75) is 38.5 Å². The van der Waals surface area contributed by atoms with E-state index < -0.39 is 11.3 Å². The highest BCUT2D eigenvalue weighted by atomic mass is 32.2. The average Bonchev–Trinajstić information content (AvgIpc) is 3.11. The van der Waals surface area contributed by atoms with Crippen LogP contribution in [0.25, 0.3) is 0 Å². The fraction of sp³-hybridized carbons (Fsp3) is 0.304. The number of rotatable bonds is 5. The molecule has 154 valence electrons. The summed E-state index contributed by atoms with van der Waals surface area (Å²) < 4.78 is 0. The first-order valence-corrected chi connectivity index (χ1v) is 11.0. The average molecular weight is 421 g/mol. The van der Waals surface area contributed by atoms with E-state index in [2.05, 4.69) is 12.2 Å². The third-order valence-corrected chi connectivity index (χ3v) is 6.43. The van der Waals surface area contributed by atoms with Crippen LogP contribution < -0.4 is 5.32 Å². The van der Waals surface area contributed by atoms with Crippen molar-refractivity contribution in [2.75, 3.05) is 5.32 Å². The van der Waals surface area contributed by atoms with Crippen LogP contribution in [0.1, 0.15) is 32.8 Å². The second kappa shape index (κ2) is 8.44. The second-order valence-electron chi connectivity index (χ2n) is 7.48. The molecule has 1 N–H and O–H groups in total. The molecule has 0 saturated carbocycles. The molecule has 2 aromatic carbocycles. The van der Waals surface area contributed by atoms with Crippen molar-refractivity contribution in [3.8, 4) is 0 Å². The molecule has 0 saturated heterocycles. The number of anilines is 1. The van der Waals surface area contributed by atoms with E-state index in [1.54, 1.807) is 4.90 Å². The molecule has 2 aromatic rings. The normalized spacial score (nSPS) is 19.4. The summed E-state index contributed by atoms with van der Waals surface area (Å²) in [7, 11) is 0. The van der Waals surface area contributed by atoms with Crippen molar-refractivity contribution in [1.82, 2.24) is 4.90 Å². The van der Waals surface area contributed by atoms with Crippen LogP contribution in [0.2, 0.25) is 0 Å². The van der Waals surface area contributed by atoms with Gasteiger partial charge in [-0.25, -0.2) is 9.89 Å². The van der Waals surface area contributed by atoms with Gasteiger partial charge in [-0.15, -0.1) is 0 Å². The summed E-state index contributed by atoms with van der Waals surface area (Å²) in [6.45, 7) is 5.91. The van der Waals surface area contributed by atoms with Crippen LogP contribution in [0.15, 0.2) is 64.6 Å². The van der Waals surface area contributed by atoms with Crippen LogP contribution in [-0.4, -0.2) is 39.0 Å². The van der Waals surface area contributed by atoms with Gasteiger partial charge in [0.15, 0.2) is 5.17 Å². The fourth-order valence-electron chi connectivity index (χ4n) is 3.42. The zero-order valence-electron chi connectivity index (χ0n) is 17.2. The van der Waals surface area contributed by atoms with Gasteiger partial charge in [0.1, 0.15) is 11.9 Å². The topological polar surface area (TPSA) is 74.1 Å². The smallest absolute Gasteiger partial charge is 0.259 e. The molecule has 2 amide bonds. The first kappa shape index (κ1) is 20.3. The van der Waals surface area contributed by atoms with Gasteiger partial charge in [-0.3, -0.25) is 14.6 Å². The van der Waals surface area contributed by atoms with Gasteiger partial charge in [0, 0.05) is 11.3 Å². The lowest BCUT2D eigenvalue weighted by atomic mass is 10.00. The zero-order chi connectivity index (χ0) is 21.3. The molecule has 0 radical (unpaired) electrons. The number of hydrogen-bond donors (Lipinski definition) is 1. The lowest BCUT2D eigenvalue weighted by Gasteiger charge is -2.27. The SMILES string of the molecule is CC[C@H](C)[C@H]1N=C2c3ccccc3N=C(S[C@@H](C)C(=O)Nc3ccccc3)N2C1=O. The maximum absolute atomic E-state index is 13.2. The van der Waals surface area contributed by atoms with Gasteiger partial charge < -0.3 is 5.32 Å². The Labute approximate surface area is 180 Å². The molecule has 2 aliphatic heterocycles. The minimum atomic E-state index is -0.439. The van der Waals surface area contributed by atoms with Crippen molar-refractivity contribution in [1.29, 1.82) is 0 Å². The Morgan fingerprint density at radius 2 is 1.83 bits per heavy atom. The molecule has 2 aliphatic rings. The summed E-state index contributed by atoms with van der Waals surface area (Å²) >= 11 is 1.28. The number of hydrogen-bond acceptors (Lipinski definition) is 5. The number of fused-ring (bicyclic) bond motifs is 3. The van der Waals surface area contributed by atoms with Crippen LogP contribution in [0.5, 0.6) is 0 Å². The summed E-state index contributed by atoms with van der Waals surface area (Å²) in [5.41, 5.74) is 2.35. The van der Waals surface area contributed by atoms with Gasteiger partial charge in [0.2, 0.25) is 5.91 Å². The highest BCUT2D eigenvalue weighted by Crippen LogP contribution is 2.36. The predicted octanol–water partition coefficient (Wildman–Crippen LogP) is 4.45. The molecule has 2 heterocycles. The van der Waals surface area contributed by atoms with Crippen LogP contribution in [0.4, 0.5) is 11.4 Å². The van der Waals surface area contributed by atoms with E-state index in [9.17, 15) is 9.59 Å². The van der Waals surface area contributed by atoms with Crippen molar-refractivity contribution < 1.29 is 9.59 Å². The van der Waals surface area contributed by atoms with Crippen molar-refractivity contribution in [3.05, 3.63) is 60.2 Å². The molecule has 30 heavy (non-hydrogen) atoms. The largest absolute Gasteiger partial charge is 0.325 e. The number of para-hydroxylation sites is 2. The molecule has 4 rings (SSSR count). The number of amidine groups is 2. The standard InChI is InChI=1S/C23H24N4O2S/c1-4-14(2)19-22(29)27-20(26-19)17-12-8-9-13-18(17)25-23(27)30-15(3)21(28)24-16-10-6-5-7-11-16/h5-15,19H,4H2,1-3H3,(H,24,28)/t14-,15-,19+/m0/s1. The lowest BCUT2D eigenvalue weighted by molar-refractivity contribution is -0.125. The first-order chi connectivity index (χ1) is 14.5. The van der Waals surface area contributed by atoms with E-state index in [0.717, 1.165) is 23.4 Å². The van der Waals surface area contributed by atoms with Gasteiger partial charge in [0.05, 0.1) is 10.9 Å². The van der Waals surface area contributed by atoms with Gasteiger partial charge in [-0.1, -0.05) is 62.4 Å². The highest BCUT2D eigenvalue weighted by Gasteiger charge is 2.43. The number of amides is 2. The number of aliphatic imine (C=N–C) groups is 2. The summed E-state index contributed by atoms with van der Waals surface area (Å²) in [6, 6.07) is 16.6. The Morgan fingerprint density at radius 3 is 2.57 bits per heavy atom. The fourth-order valence-corrected chi connectivity index (χ4v) is 4.33. The Balaban J connectivity index is 1.61. The van der Waals surface area contributed by atoms with Crippen LogP contribution >= 0.6 is 11.8 Å². The molecule has 0 aliphatic carbocycles. The molecule has 7 heteroatoms. The maximum Gasteiger partial charge on any atom is 0.259 e. The molecule has 0 aromatic heterocycles. The Kier molecular flexibility index (Phi) is 5.72. The van der Waals surface area contributed by atoms with Crippen LogP contribution in [0.3, 0.4) is 0 Å². The summed E-state index contributed by atoms with van der Waals surface area (Å²) in [6.07, 6.45) is 0.859. The Bertz CT molecular complexity index is 1030. The zero-order valence-corrected chi connectivity index (χ0v) is 18.0. The van der Waals surface area contributed by atoms with Gasteiger partial charge >= 0.3 is 0 Å². The molecular formula is C23H24N4O2S. The highest BCUT2D eigenvalue weighted by molar-refractivity contribution is 8.15. The number of nitrogens with one attached hydrogen (secondary N) is 1. The number of carbonyl (C=O) groups is 2. The van der Waals surface area contributed by atoms with Crippen LogP contribution in [-0.2, 0) is 9.59 Å². The number of thioether (sulfide) groups is 1. The number of nitrogens with zero attached hydrogens (tertiary/aromatic N) is 3. The van der Waals surface area contributed by atoms with Crippen molar-refractivity contribution >= 4 is 46.0 Å². The first-order valence-electron chi connectivity index (χ1n) is 10.1. The third-order valence-electron chi connectivity index (χ3n) is 5.37. The minimum Gasteiger partial charge on any atom is -0.325 e. The molecule has 0 fully saturated rings. The summed E-state index contributed by atoms with van der Waals surface area (Å²) in [5.74, 6) is 0.550. The Hall–Kier alpha value is -2.93. The van der Waals surface area contributed by atoms with Gasteiger partial charge in [0.25, 0.3) is 5.91 Å². The summed E-state index contributed by atoms with van der Waals surface area (Å²) in [5, 5.41) is 2.97. The molecule has 6 nitrogen and oxygen atoms in total. The Morgan fingerprint density at radius 1 is 1.13 bits per heavy atom. The van der Waals surface area contributed by atoms with Crippen molar-refractivity contribution in [2.24, 2.45) is 15.9 Å². The van der Waals surface area contributed by atoms with Crippen LogP contribution in [0, 0.1) is 5.92 Å². The monoisotopic (exact) mass is 420 g/mol. The minimum absolute atomic E-state index is 0.0734. The van der Waals surface area contributed by atoms with E-state index in [-0.39, 0.29) is 17.7 Å². The molecule has 0 bridgehead atoms. The van der Waals surface area contributed by atoms with E-state index >= 15 is 0 Å². The van der Waals surface area contributed by atoms with E-state index in [0.29, 0.717) is 11.0 Å². The number of benzene rings is 2.